The normalized spacial score (nSPS) is 19.1. The number of benzene rings is 2. The molecule has 2 aromatic carbocycles. The standard InChI is InChI=1S/C31H46O6/c1-7-13-30(5,14-8-2)20-35-28-19-23-25(34)17-22(32)18-26(23)36-29(28)21-11-12-24(33)27(16-21)37-31(6,10-4)15-9-3/h11-12,16-18,28-29,32-34H,7-10,13-15,19-20H2,1-6H3/t28-,29-,31?/m1/s1. The molecule has 37 heavy (non-hydrogen) atoms. The number of ether oxygens (including phenoxy) is 3. The summed E-state index contributed by atoms with van der Waals surface area (Å²) in [4.78, 5) is 0. The number of phenols is 3. The first-order valence-electron chi connectivity index (χ1n) is 13.9. The van der Waals surface area contributed by atoms with Crippen molar-refractivity contribution in [1.29, 1.82) is 0 Å². The minimum atomic E-state index is -0.497. The van der Waals surface area contributed by atoms with Gasteiger partial charge in [0, 0.05) is 24.1 Å². The molecule has 6 heteroatoms. The van der Waals surface area contributed by atoms with Crippen LogP contribution < -0.4 is 9.47 Å². The topological polar surface area (TPSA) is 88.4 Å². The Hall–Kier alpha value is -2.60. The van der Waals surface area contributed by atoms with Gasteiger partial charge in [0.25, 0.3) is 0 Å². The molecular formula is C31H46O6. The molecule has 1 aliphatic heterocycles. The molecule has 3 rings (SSSR count). The fraction of sp³-hybridized carbons (Fsp3) is 0.613. The summed E-state index contributed by atoms with van der Waals surface area (Å²) < 4.78 is 19.3. The molecule has 1 heterocycles. The predicted molar refractivity (Wildman–Crippen MR) is 147 cm³/mol. The first-order chi connectivity index (χ1) is 17.6. The van der Waals surface area contributed by atoms with Gasteiger partial charge < -0.3 is 29.5 Å². The van der Waals surface area contributed by atoms with Crippen LogP contribution >= 0.6 is 0 Å². The molecule has 0 radical (unpaired) electrons. The quantitative estimate of drug-likeness (QED) is 0.252. The molecule has 1 aliphatic rings. The monoisotopic (exact) mass is 514 g/mol. The van der Waals surface area contributed by atoms with E-state index < -0.39 is 6.10 Å². The zero-order chi connectivity index (χ0) is 27.2. The summed E-state index contributed by atoms with van der Waals surface area (Å²) in [6.07, 6.45) is 6.56. The minimum absolute atomic E-state index is 0.0000605. The number of aromatic hydroxyl groups is 3. The highest BCUT2D eigenvalue weighted by atomic mass is 16.5. The highest BCUT2D eigenvalue weighted by Gasteiger charge is 2.37. The molecule has 3 atom stereocenters. The van der Waals surface area contributed by atoms with Crippen LogP contribution in [0.2, 0.25) is 0 Å². The maximum atomic E-state index is 10.6. The van der Waals surface area contributed by atoms with E-state index in [4.69, 9.17) is 14.2 Å². The first-order valence-corrected chi connectivity index (χ1v) is 13.9. The molecule has 3 N–H and O–H groups in total. The summed E-state index contributed by atoms with van der Waals surface area (Å²) in [6, 6.07) is 8.18. The van der Waals surface area contributed by atoms with Crippen LogP contribution in [0.4, 0.5) is 0 Å². The second kappa shape index (κ2) is 12.3. The van der Waals surface area contributed by atoms with Crippen molar-refractivity contribution < 1.29 is 29.5 Å². The van der Waals surface area contributed by atoms with Gasteiger partial charge in [-0.1, -0.05) is 59.9 Å². The molecular weight excluding hydrogens is 468 g/mol. The van der Waals surface area contributed by atoms with Gasteiger partial charge in [0.1, 0.15) is 29.0 Å². The van der Waals surface area contributed by atoms with E-state index in [9.17, 15) is 15.3 Å². The van der Waals surface area contributed by atoms with E-state index in [0.29, 0.717) is 30.1 Å². The molecule has 2 aromatic rings. The smallest absolute Gasteiger partial charge is 0.162 e. The number of hydrogen-bond acceptors (Lipinski definition) is 6. The molecule has 0 aliphatic carbocycles. The molecule has 0 saturated carbocycles. The Labute approximate surface area is 222 Å². The summed E-state index contributed by atoms with van der Waals surface area (Å²) in [5.74, 6) is 0.888. The van der Waals surface area contributed by atoms with Crippen LogP contribution in [0.15, 0.2) is 30.3 Å². The van der Waals surface area contributed by atoms with Crippen molar-refractivity contribution in [1.82, 2.24) is 0 Å². The zero-order valence-corrected chi connectivity index (χ0v) is 23.5. The van der Waals surface area contributed by atoms with Gasteiger partial charge in [0.2, 0.25) is 0 Å². The van der Waals surface area contributed by atoms with Crippen LogP contribution in [0, 0.1) is 5.41 Å². The van der Waals surface area contributed by atoms with E-state index in [1.54, 1.807) is 6.07 Å². The molecule has 0 fully saturated rings. The van der Waals surface area contributed by atoms with Gasteiger partial charge in [-0.15, -0.1) is 0 Å². The molecule has 0 bridgehead atoms. The van der Waals surface area contributed by atoms with Gasteiger partial charge in [0.05, 0.1) is 6.61 Å². The molecule has 0 saturated heterocycles. The molecule has 0 amide bonds. The van der Waals surface area contributed by atoms with Gasteiger partial charge in [-0.05, 0) is 55.7 Å². The third-order valence-electron chi connectivity index (χ3n) is 7.72. The van der Waals surface area contributed by atoms with Crippen LogP contribution in [-0.2, 0) is 11.2 Å². The lowest BCUT2D eigenvalue weighted by Crippen LogP contribution is -2.36. The Balaban J connectivity index is 1.97. The van der Waals surface area contributed by atoms with Crippen molar-refractivity contribution in [3.8, 4) is 28.7 Å². The summed E-state index contributed by atoms with van der Waals surface area (Å²) in [7, 11) is 0. The fourth-order valence-corrected chi connectivity index (χ4v) is 5.55. The van der Waals surface area contributed by atoms with Crippen molar-refractivity contribution in [2.24, 2.45) is 5.41 Å². The van der Waals surface area contributed by atoms with Crippen molar-refractivity contribution in [3.63, 3.8) is 0 Å². The van der Waals surface area contributed by atoms with Crippen LogP contribution in [-0.4, -0.2) is 33.6 Å². The van der Waals surface area contributed by atoms with Crippen molar-refractivity contribution in [2.45, 2.75) is 111 Å². The molecule has 0 aromatic heterocycles. The highest BCUT2D eigenvalue weighted by molar-refractivity contribution is 5.52. The summed E-state index contributed by atoms with van der Waals surface area (Å²) in [5.41, 5.74) is 1.11. The Morgan fingerprint density at radius 1 is 0.892 bits per heavy atom. The van der Waals surface area contributed by atoms with Crippen LogP contribution in [0.5, 0.6) is 28.7 Å². The van der Waals surface area contributed by atoms with E-state index >= 15 is 0 Å². The van der Waals surface area contributed by atoms with E-state index in [-0.39, 0.29) is 34.4 Å². The second-order valence-electron chi connectivity index (χ2n) is 11.2. The predicted octanol–water partition coefficient (Wildman–Crippen LogP) is 7.82. The fourth-order valence-electron chi connectivity index (χ4n) is 5.55. The summed E-state index contributed by atoms with van der Waals surface area (Å²) in [5, 5.41) is 31.2. The minimum Gasteiger partial charge on any atom is -0.508 e. The number of rotatable bonds is 13. The number of phenolic OH excluding ortho intramolecular Hbond substituents is 3. The van der Waals surface area contributed by atoms with Gasteiger partial charge in [-0.2, -0.15) is 0 Å². The first kappa shape index (κ1) is 29.0. The Morgan fingerprint density at radius 3 is 2.19 bits per heavy atom. The SMILES string of the molecule is CCCC(C)(CCC)CO[C@@H]1Cc2c(O)cc(O)cc2O[C@@H]1c1ccc(O)c(OC(C)(CC)CCC)c1. The third-order valence-corrected chi connectivity index (χ3v) is 7.72. The molecule has 0 spiro atoms. The van der Waals surface area contributed by atoms with Crippen molar-refractivity contribution >= 4 is 0 Å². The lowest BCUT2D eigenvalue weighted by molar-refractivity contribution is -0.0711. The van der Waals surface area contributed by atoms with Crippen LogP contribution in [0.25, 0.3) is 0 Å². The lowest BCUT2D eigenvalue weighted by atomic mass is 9.82. The Kier molecular flexibility index (Phi) is 9.63. The zero-order valence-electron chi connectivity index (χ0n) is 23.5. The summed E-state index contributed by atoms with van der Waals surface area (Å²) >= 11 is 0. The van der Waals surface area contributed by atoms with E-state index in [1.807, 2.05) is 12.1 Å². The number of hydrogen-bond donors (Lipinski definition) is 3. The van der Waals surface area contributed by atoms with Crippen molar-refractivity contribution in [2.75, 3.05) is 6.61 Å². The van der Waals surface area contributed by atoms with Gasteiger partial charge in [0.15, 0.2) is 17.6 Å². The molecule has 6 nitrogen and oxygen atoms in total. The maximum Gasteiger partial charge on any atom is 0.162 e. The van der Waals surface area contributed by atoms with E-state index in [2.05, 4.69) is 41.5 Å². The van der Waals surface area contributed by atoms with Gasteiger partial charge >= 0.3 is 0 Å². The average molecular weight is 515 g/mol. The lowest BCUT2D eigenvalue weighted by Gasteiger charge is -2.37. The summed E-state index contributed by atoms with van der Waals surface area (Å²) in [6.45, 7) is 13.5. The molecule has 206 valence electrons. The third kappa shape index (κ3) is 7.04. The van der Waals surface area contributed by atoms with Crippen molar-refractivity contribution in [3.05, 3.63) is 41.5 Å². The second-order valence-corrected chi connectivity index (χ2v) is 11.2. The van der Waals surface area contributed by atoms with E-state index in [0.717, 1.165) is 50.5 Å². The maximum absolute atomic E-state index is 10.6. The highest BCUT2D eigenvalue weighted by Crippen LogP contribution is 2.45. The van der Waals surface area contributed by atoms with Crippen LogP contribution in [0.3, 0.4) is 0 Å². The Morgan fingerprint density at radius 2 is 1.57 bits per heavy atom. The van der Waals surface area contributed by atoms with Gasteiger partial charge in [-0.3, -0.25) is 0 Å². The number of fused-ring (bicyclic) bond motifs is 1. The Bertz CT molecular complexity index is 1030. The van der Waals surface area contributed by atoms with Gasteiger partial charge in [-0.25, -0.2) is 0 Å². The van der Waals surface area contributed by atoms with E-state index in [1.165, 1.54) is 12.1 Å². The van der Waals surface area contributed by atoms with Crippen LogP contribution in [0.1, 0.15) is 104 Å². The average Bonchev–Trinajstić information content (AvgIpc) is 2.84. The molecule has 1 unspecified atom stereocenters. The largest absolute Gasteiger partial charge is 0.508 e.